The summed E-state index contributed by atoms with van der Waals surface area (Å²) in [6, 6.07) is 1.24. The first-order valence-corrected chi connectivity index (χ1v) is 7.19. The van der Waals surface area contributed by atoms with E-state index in [0.29, 0.717) is 19.3 Å². The highest BCUT2D eigenvalue weighted by Gasteiger charge is 2.54. The van der Waals surface area contributed by atoms with Crippen molar-refractivity contribution in [2.75, 3.05) is 6.54 Å². The minimum Gasteiger partial charge on any atom is -0.277 e. The summed E-state index contributed by atoms with van der Waals surface area (Å²) in [6.07, 6.45) is 4.97. The molecule has 3 rings (SSSR count). The molecule has 1 aliphatic carbocycles. The van der Waals surface area contributed by atoms with Crippen LogP contribution in [-0.2, 0) is 23.1 Å². The molecule has 1 saturated carbocycles. The molecule has 21 heavy (non-hydrogen) atoms. The lowest BCUT2D eigenvalue weighted by molar-refractivity contribution is -0.151. The Kier molecular flexibility index (Phi) is 3.27. The first-order valence-electron chi connectivity index (χ1n) is 7.19. The standard InChI is InChI=1S/C14H18N4O3/c1-17-10(4-8-15-17)5-9-18-12(20)14(6-2-3-7-14)11(19)16-13(18)21/h4,8H,2-3,5-7,9H2,1H3,(H,16,19,21). The van der Waals surface area contributed by atoms with E-state index in [-0.39, 0.29) is 12.5 Å². The van der Waals surface area contributed by atoms with Crippen LogP contribution in [0.3, 0.4) is 0 Å². The molecule has 2 aliphatic rings. The first-order chi connectivity index (χ1) is 10.0. The summed E-state index contributed by atoms with van der Waals surface area (Å²) in [4.78, 5) is 37.8. The summed E-state index contributed by atoms with van der Waals surface area (Å²) >= 11 is 0. The van der Waals surface area contributed by atoms with Gasteiger partial charge in [-0.05, 0) is 18.9 Å². The minimum atomic E-state index is -1.01. The normalized spacial score (nSPS) is 21.2. The number of nitrogens with one attached hydrogen (secondary N) is 1. The molecule has 1 spiro atoms. The number of barbiturate groups is 1. The summed E-state index contributed by atoms with van der Waals surface area (Å²) in [5.41, 5.74) is -0.0756. The predicted octanol–water partition coefficient (Wildman–Crippen LogP) is 0.601. The van der Waals surface area contributed by atoms with Crippen LogP contribution >= 0.6 is 0 Å². The number of carbonyl (C=O) groups is 3. The molecule has 0 unspecified atom stereocenters. The molecule has 1 aliphatic heterocycles. The molecule has 2 fully saturated rings. The first kappa shape index (κ1) is 13.8. The molecule has 1 aromatic heterocycles. The van der Waals surface area contributed by atoms with Gasteiger partial charge in [-0.2, -0.15) is 5.10 Å². The van der Waals surface area contributed by atoms with Crippen LogP contribution in [0.15, 0.2) is 12.3 Å². The van der Waals surface area contributed by atoms with Gasteiger partial charge >= 0.3 is 6.03 Å². The van der Waals surface area contributed by atoms with Crippen LogP contribution in [0, 0.1) is 5.41 Å². The van der Waals surface area contributed by atoms with Crippen molar-refractivity contribution < 1.29 is 14.4 Å². The zero-order valence-electron chi connectivity index (χ0n) is 12.0. The van der Waals surface area contributed by atoms with Crippen molar-refractivity contribution in [1.29, 1.82) is 0 Å². The molecule has 1 N–H and O–H groups in total. The van der Waals surface area contributed by atoms with Gasteiger partial charge in [0.1, 0.15) is 5.41 Å². The third-order valence-corrected chi connectivity index (χ3v) is 4.53. The molecule has 0 radical (unpaired) electrons. The number of hydrogen-bond donors (Lipinski definition) is 1. The van der Waals surface area contributed by atoms with Crippen LogP contribution < -0.4 is 5.32 Å². The Morgan fingerprint density at radius 2 is 2.00 bits per heavy atom. The Morgan fingerprint density at radius 3 is 2.62 bits per heavy atom. The van der Waals surface area contributed by atoms with E-state index in [0.717, 1.165) is 18.5 Å². The highest BCUT2D eigenvalue weighted by Crippen LogP contribution is 2.41. The maximum Gasteiger partial charge on any atom is 0.330 e. The van der Waals surface area contributed by atoms with Crippen molar-refractivity contribution in [1.82, 2.24) is 20.0 Å². The number of hydrogen-bond acceptors (Lipinski definition) is 4. The highest BCUT2D eigenvalue weighted by atomic mass is 16.2. The predicted molar refractivity (Wildman–Crippen MR) is 73.1 cm³/mol. The summed E-state index contributed by atoms with van der Waals surface area (Å²) in [5.74, 6) is -0.761. The monoisotopic (exact) mass is 290 g/mol. The van der Waals surface area contributed by atoms with E-state index >= 15 is 0 Å². The van der Waals surface area contributed by atoms with Crippen molar-refractivity contribution >= 4 is 17.8 Å². The fourth-order valence-electron chi connectivity index (χ4n) is 3.23. The summed E-state index contributed by atoms with van der Waals surface area (Å²) in [7, 11) is 1.81. The molecule has 1 saturated heterocycles. The Balaban J connectivity index is 1.77. The minimum absolute atomic E-state index is 0.263. The zero-order valence-corrected chi connectivity index (χ0v) is 12.0. The fraction of sp³-hybridized carbons (Fsp3) is 0.571. The van der Waals surface area contributed by atoms with Gasteiger partial charge in [-0.1, -0.05) is 12.8 Å². The second-order valence-electron chi connectivity index (χ2n) is 5.70. The molecule has 112 valence electrons. The zero-order chi connectivity index (χ0) is 15.0. The Hall–Kier alpha value is -2.18. The maximum absolute atomic E-state index is 12.6. The number of aryl methyl sites for hydroxylation is 1. The number of rotatable bonds is 3. The molecule has 1 aromatic rings. The molecule has 0 aromatic carbocycles. The molecule has 4 amide bonds. The van der Waals surface area contributed by atoms with Crippen LogP contribution in [0.25, 0.3) is 0 Å². The van der Waals surface area contributed by atoms with Crippen molar-refractivity contribution in [3.63, 3.8) is 0 Å². The number of amides is 4. The Morgan fingerprint density at radius 1 is 1.29 bits per heavy atom. The quantitative estimate of drug-likeness (QED) is 0.826. The number of aromatic nitrogens is 2. The van der Waals surface area contributed by atoms with Crippen molar-refractivity contribution in [3.8, 4) is 0 Å². The van der Waals surface area contributed by atoms with E-state index in [2.05, 4.69) is 10.4 Å². The van der Waals surface area contributed by atoms with E-state index in [9.17, 15) is 14.4 Å². The van der Waals surface area contributed by atoms with E-state index in [1.54, 1.807) is 10.9 Å². The highest BCUT2D eigenvalue weighted by molar-refractivity contribution is 6.19. The average Bonchev–Trinajstić information content (AvgIpc) is 3.07. The van der Waals surface area contributed by atoms with Crippen LogP contribution in [0.5, 0.6) is 0 Å². The molecular weight excluding hydrogens is 272 g/mol. The fourth-order valence-corrected chi connectivity index (χ4v) is 3.23. The van der Waals surface area contributed by atoms with E-state index in [4.69, 9.17) is 0 Å². The SMILES string of the molecule is Cn1nccc1CCN1C(=O)NC(=O)C2(CCCC2)C1=O. The third kappa shape index (κ3) is 2.12. The van der Waals surface area contributed by atoms with Crippen molar-refractivity contribution in [2.45, 2.75) is 32.1 Å². The lowest BCUT2D eigenvalue weighted by Crippen LogP contribution is -2.63. The van der Waals surface area contributed by atoms with Crippen molar-refractivity contribution in [2.24, 2.45) is 12.5 Å². The van der Waals surface area contributed by atoms with Gasteiger partial charge in [0.15, 0.2) is 0 Å². The van der Waals surface area contributed by atoms with Gasteiger partial charge in [-0.3, -0.25) is 24.5 Å². The Bertz CT molecular complexity index is 601. The maximum atomic E-state index is 12.6. The molecule has 7 heteroatoms. The molecule has 7 nitrogen and oxygen atoms in total. The van der Waals surface area contributed by atoms with Crippen LogP contribution in [0.2, 0.25) is 0 Å². The average molecular weight is 290 g/mol. The number of carbonyl (C=O) groups excluding carboxylic acids is 3. The second-order valence-corrected chi connectivity index (χ2v) is 5.70. The van der Waals surface area contributed by atoms with Crippen LogP contribution in [0.4, 0.5) is 4.79 Å². The molecule has 0 bridgehead atoms. The molecular formula is C14H18N4O3. The van der Waals surface area contributed by atoms with E-state index < -0.39 is 17.4 Å². The van der Waals surface area contributed by atoms with Gasteiger partial charge in [0.05, 0.1) is 0 Å². The number of urea groups is 1. The summed E-state index contributed by atoms with van der Waals surface area (Å²) < 4.78 is 1.71. The van der Waals surface area contributed by atoms with Gasteiger partial charge in [-0.15, -0.1) is 0 Å². The van der Waals surface area contributed by atoms with Gasteiger partial charge < -0.3 is 0 Å². The Labute approximate surface area is 122 Å². The van der Waals surface area contributed by atoms with Gasteiger partial charge in [0.25, 0.3) is 0 Å². The number of imide groups is 2. The second kappa shape index (κ2) is 4.98. The largest absolute Gasteiger partial charge is 0.330 e. The van der Waals surface area contributed by atoms with Crippen molar-refractivity contribution in [3.05, 3.63) is 18.0 Å². The van der Waals surface area contributed by atoms with E-state index in [1.807, 2.05) is 13.1 Å². The topological polar surface area (TPSA) is 84.3 Å². The number of nitrogens with zero attached hydrogens (tertiary/aromatic N) is 3. The van der Waals surface area contributed by atoms with Crippen LogP contribution in [0.1, 0.15) is 31.4 Å². The summed E-state index contributed by atoms with van der Waals surface area (Å²) in [5, 5.41) is 6.40. The van der Waals surface area contributed by atoms with Gasteiger partial charge in [0.2, 0.25) is 11.8 Å². The molecule has 0 atom stereocenters. The summed E-state index contributed by atoms with van der Waals surface area (Å²) in [6.45, 7) is 0.263. The van der Waals surface area contributed by atoms with Gasteiger partial charge in [-0.25, -0.2) is 4.79 Å². The van der Waals surface area contributed by atoms with Crippen LogP contribution in [-0.4, -0.2) is 39.1 Å². The van der Waals surface area contributed by atoms with E-state index in [1.165, 1.54) is 4.90 Å². The lowest BCUT2D eigenvalue weighted by atomic mass is 9.82. The smallest absolute Gasteiger partial charge is 0.277 e. The third-order valence-electron chi connectivity index (χ3n) is 4.53. The lowest BCUT2D eigenvalue weighted by Gasteiger charge is -2.36. The van der Waals surface area contributed by atoms with Gasteiger partial charge in [0, 0.05) is 31.9 Å². The molecule has 2 heterocycles.